The van der Waals surface area contributed by atoms with Crippen molar-refractivity contribution in [3.8, 4) is 0 Å². The molecule has 0 saturated carbocycles. The topological polar surface area (TPSA) is 101 Å². The van der Waals surface area contributed by atoms with Gasteiger partial charge >= 0.3 is 0 Å². The highest BCUT2D eigenvalue weighted by Gasteiger charge is 2.22. The van der Waals surface area contributed by atoms with Crippen LogP contribution in [0.4, 0.5) is 0 Å². The number of hydrogen-bond acceptors (Lipinski definition) is 6. The molecule has 2 aromatic carbocycles. The lowest BCUT2D eigenvalue weighted by molar-refractivity contribution is 0.483. The average Bonchev–Trinajstić information content (AvgIpc) is 2.91. The van der Waals surface area contributed by atoms with Crippen molar-refractivity contribution >= 4 is 53.9 Å². The van der Waals surface area contributed by atoms with E-state index in [0.717, 1.165) is 17.4 Å². The van der Waals surface area contributed by atoms with Crippen molar-refractivity contribution in [3.63, 3.8) is 0 Å². The quantitative estimate of drug-likeness (QED) is 0.689. The summed E-state index contributed by atoms with van der Waals surface area (Å²) < 4.78 is 56.6. The molecule has 0 fully saturated rings. The van der Waals surface area contributed by atoms with Gasteiger partial charge in [-0.05, 0) is 30.3 Å². The van der Waals surface area contributed by atoms with Crippen molar-refractivity contribution in [2.24, 2.45) is 0 Å². The zero-order valence-corrected chi connectivity index (χ0v) is 14.5. The van der Waals surface area contributed by atoms with Crippen LogP contribution in [0, 0.1) is 0 Å². The highest BCUT2D eigenvalue weighted by molar-refractivity contribution is 7.93. The predicted octanol–water partition coefficient (Wildman–Crippen LogP) is 2.80. The maximum Gasteiger partial charge on any atom is 0.294 e. The average molecular weight is 392 g/mol. The summed E-state index contributed by atoms with van der Waals surface area (Å²) in [7, 11) is -8.11. The maximum atomic E-state index is 12.5. The number of hydrogen-bond donors (Lipinski definition) is 1. The molecule has 1 N–H and O–H groups in total. The van der Waals surface area contributed by atoms with Gasteiger partial charge in [-0.1, -0.05) is 18.2 Å². The molecular formula is C13H10ClNO5S3. The van der Waals surface area contributed by atoms with Gasteiger partial charge in [0.15, 0.2) is 0 Å². The Bertz CT molecular complexity index is 1060. The van der Waals surface area contributed by atoms with E-state index in [1.807, 2.05) is 0 Å². The summed E-state index contributed by atoms with van der Waals surface area (Å²) in [6.45, 7) is 0. The molecule has 1 aromatic heterocycles. The van der Waals surface area contributed by atoms with Gasteiger partial charge in [-0.15, -0.1) is 23.7 Å². The van der Waals surface area contributed by atoms with Gasteiger partial charge in [0.05, 0.1) is 20.0 Å². The normalized spacial score (nSPS) is 12.0. The van der Waals surface area contributed by atoms with Crippen LogP contribution in [0.25, 0.3) is 10.2 Å². The Morgan fingerprint density at radius 1 is 0.913 bits per heavy atom. The fraction of sp³-hybridized carbons (Fsp3) is 0. The third kappa shape index (κ3) is 3.38. The molecule has 0 atom stereocenters. The van der Waals surface area contributed by atoms with Gasteiger partial charge in [0.2, 0.25) is 14.2 Å². The van der Waals surface area contributed by atoms with Crippen LogP contribution in [-0.4, -0.2) is 26.4 Å². The Hall–Kier alpha value is -1.52. The molecule has 0 amide bonds. The highest BCUT2D eigenvalue weighted by atomic mass is 35.5. The van der Waals surface area contributed by atoms with Crippen molar-refractivity contribution in [3.05, 3.63) is 48.5 Å². The van der Waals surface area contributed by atoms with Crippen molar-refractivity contribution in [2.75, 3.05) is 0 Å². The highest BCUT2D eigenvalue weighted by Crippen LogP contribution is 2.30. The minimum absolute atomic E-state index is 0. The van der Waals surface area contributed by atoms with E-state index in [-0.39, 0.29) is 32.1 Å². The number of fused-ring (bicyclic) bond motifs is 1. The summed E-state index contributed by atoms with van der Waals surface area (Å²) in [5.41, 5.74) is 0.203. The molecule has 23 heavy (non-hydrogen) atoms. The number of benzene rings is 2. The first-order valence-corrected chi connectivity index (χ1v) is 9.71. The van der Waals surface area contributed by atoms with E-state index in [9.17, 15) is 16.8 Å². The Labute approximate surface area is 142 Å². The maximum absolute atomic E-state index is 12.5. The lowest BCUT2D eigenvalue weighted by Gasteiger charge is -1.98. The van der Waals surface area contributed by atoms with Crippen molar-refractivity contribution in [1.82, 2.24) is 4.98 Å². The number of halogens is 1. The molecule has 10 heteroatoms. The van der Waals surface area contributed by atoms with E-state index in [2.05, 4.69) is 4.98 Å². The monoisotopic (exact) mass is 391 g/mol. The lowest BCUT2D eigenvalue weighted by Crippen LogP contribution is -2.00. The van der Waals surface area contributed by atoms with Crippen LogP contribution < -0.4 is 0 Å². The second-order valence-corrected chi connectivity index (χ2v) is 8.98. The van der Waals surface area contributed by atoms with Crippen molar-refractivity contribution in [1.29, 1.82) is 0 Å². The largest absolute Gasteiger partial charge is 0.294 e. The van der Waals surface area contributed by atoms with Crippen molar-refractivity contribution < 1.29 is 21.4 Å². The molecule has 0 unspecified atom stereocenters. The van der Waals surface area contributed by atoms with Gasteiger partial charge < -0.3 is 0 Å². The first-order valence-electron chi connectivity index (χ1n) is 5.97. The third-order valence-corrected chi connectivity index (χ3v) is 6.95. The van der Waals surface area contributed by atoms with Gasteiger partial charge in [0.25, 0.3) is 10.1 Å². The minimum atomic E-state index is -4.36. The Morgan fingerprint density at radius 2 is 1.57 bits per heavy atom. The lowest BCUT2D eigenvalue weighted by atomic mass is 10.3. The molecule has 0 aliphatic rings. The van der Waals surface area contributed by atoms with Gasteiger partial charge in [-0.25, -0.2) is 13.4 Å². The zero-order valence-electron chi connectivity index (χ0n) is 11.3. The zero-order chi connectivity index (χ0) is 16.0. The van der Waals surface area contributed by atoms with Crippen LogP contribution in [0.2, 0.25) is 0 Å². The molecule has 0 radical (unpaired) electrons. The van der Waals surface area contributed by atoms with Gasteiger partial charge in [-0.2, -0.15) is 8.42 Å². The molecule has 1 heterocycles. The van der Waals surface area contributed by atoms with Gasteiger partial charge in [0, 0.05) is 0 Å². The molecule has 3 rings (SSSR count). The van der Waals surface area contributed by atoms with Crippen molar-refractivity contribution in [2.45, 2.75) is 14.1 Å². The third-order valence-electron chi connectivity index (χ3n) is 2.92. The van der Waals surface area contributed by atoms with E-state index in [0.29, 0.717) is 4.70 Å². The fourth-order valence-electron chi connectivity index (χ4n) is 1.86. The van der Waals surface area contributed by atoms with Gasteiger partial charge in [0.1, 0.15) is 0 Å². The summed E-state index contributed by atoms with van der Waals surface area (Å²) >= 11 is 0.943. The minimum Gasteiger partial charge on any atom is -0.282 e. The number of nitrogens with zero attached hydrogens (tertiary/aromatic N) is 1. The summed E-state index contributed by atoms with van der Waals surface area (Å²) in [6, 6.07) is 11.6. The van der Waals surface area contributed by atoms with E-state index in [4.69, 9.17) is 4.55 Å². The van der Waals surface area contributed by atoms with Crippen LogP contribution >= 0.6 is 23.7 Å². The molecular weight excluding hydrogens is 382 g/mol. The number of aromatic nitrogens is 1. The second kappa shape index (κ2) is 6.17. The second-order valence-electron chi connectivity index (χ2n) is 4.40. The van der Waals surface area contributed by atoms with Crippen LogP contribution in [0.3, 0.4) is 0 Å². The van der Waals surface area contributed by atoms with Crippen LogP contribution in [0.5, 0.6) is 0 Å². The summed E-state index contributed by atoms with van der Waals surface area (Å²) in [6.07, 6.45) is 0. The first-order chi connectivity index (χ1) is 10.3. The number of thiazole rings is 1. The van der Waals surface area contributed by atoms with E-state index in [1.165, 1.54) is 24.3 Å². The van der Waals surface area contributed by atoms with Gasteiger partial charge in [-0.3, -0.25) is 4.55 Å². The van der Waals surface area contributed by atoms with Crippen LogP contribution in [0.15, 0.2) is 62.7 Å². The molecule has 0 aliphatic carbocycles. The first kappa shape index (κ1) is 17.8. The van der Waals surface area contributed by atoms with Crippen LogP contribution in [0.1, 0.15) is 0 Å². The Balaban J connectivity index is 0.00000192. The van der Waals surface area contributed by atoms with E-state index < -0.39 is 20.0 Å². The molecule has 0 saturated heterocycles. The molecule has 3 aromatic rings. The number of rotatable bonds is 3. The molecule has 0 aliphatic heterocycles. The predicted molar refractivity (Wildman–Crippen MR) is 88.6 cm³/mol. The smallest absolute Gasteiger partial charge is 0.282 e. The standard InChI is InChI=1S/C13H9NO5S3.ClH/c15-21(16,9-4-2-1-3-5-9)13-14-11-8-10(22(17,18)19)6-7-12(11)20-13;/h1-8H,(H,17,18,19);1H. The number of sulfone groups is 1. The molecule has 0 spiro atoms. The summed E-state index contributed by atoms with van der Waals surface area (Å²) in [4.78, 5) is 3.78. The summed E-state index contributed by atoms with van der Waals surface area (Å²) in [5.74, 6) is 0. The Morgan fingerprint density at radius 3 is 2.17 bits per heavy atom. The molecule has 0 bridgehead atoms. The fourth-order valence-corrected chi connectivity index (χ4v) is 4.97. The molecule has 122 valence electrons. The molecule has 6 nitrogen and oxygen atoms in total. The van der Waals surface area contributed by atoms with E-state index >= 15 is 0 Å². The Kier molecular flexibility index (Phi) is 4.79. The summed E-state index contributed by atoms with van der Waals surface area (Å²) in [5, 5.41) is 0. The SMILES string of the molecule is Cl.O=S(=O)(O)c1ccc2sc(S(=O)(=O)c3ccccc3)nc2c1. The van der Waals surface area contributed by atoms with Crippen LogP contribution in [-0.2, 0) is 20.0 Å². The van der Waals surface area contributed by atoms with E-state index in [1.54, 1.807) is 18.2 Å².